The predicted molar refractivity (Wildman–Crippen MR) is 100 cm³/mol. The van der Waals surface area contributed by atoms with Gasteiger partial charge in [-0.15, -0.1) is 0 Å². The maximum atomic E-state index is 12.5. The average Bonchev–Trinajstić information content (AvgIpc) is 2.62. The van der Waals surface area contributed by atoms with Gasteiger partial charge in [0.15, 0.2) is 5.78 Å². The van der Waals surface area contributed by atoms with Crippen LogP contribution in [0.3, 0.4) is 0 Å². The first-order chi connectivity index (χ1) is 11.1. The minimum Gasteiger partial charge on any atom is -0.289 e. The highest BCUT2D eigenvalue weighted by Crippen LogP contribution is 2.20. The third kappa shape index (κ3) is 3.56. The largest absolute Gasteiger partial charge is 0.289 e. The van der Waals surface area contributed by atoms with Crippen LogP contribution in [0, 0.1) is 0 Å². The number of carbonyl (C=O) groups is 2. The van der Waals surface area contributed by atoms with E-state index in [9.17, 15) is 9.59 Å². The average molecular weight is 412 g/mol. The molecular weight excluding hydrogens is 399 g/mol. The van der Waals surface area contributed by atoms with E-state index < -0.39 is 0 Å². The summed E-state index contributed by atoms with van der Waals surface area (Å²) in [6.45, 7) is 0. The summed E-state index contributed by atoms with van der Waals surface area (Å²) in [7, 11) is 0. The molecule has 3 aromatic rings. The van der Waals surface area contributed by atoms with Crippen LogP contribution in [0.5, 0.6) is 0 Å². The molecule has 2 nitrogen and oxygen atoms in total. The lowest BCUT2D eigenvalue weighted by Gasteiger charge is -2.05. The lowest BCUT2D eigenvalue weighted by atomic mass is 9.99. The van der Waals surface area contributed by atoms with E-state index in [0.29, 0.717) is 16.7 Å². The normalized spacial score (nSPS) is 10.3. The molecule has 0 spiro atoms. The molecule has 23 heavy (non-hydrogen) atoms. The third-order valence-corrected chi connectivity index (χ3v) is 4.25. The van der Waals surface area contributed by atoms with Crippen molar-refractivity contribution in [3.05, 3.63) is 95.6 Å². The molecule has 0 radical (unpaired) electrons. The van der Waals surface area contributed by atoms with Gasteiger partial charge in [0.25, 0.3) is 0 Å². The monoisotopic (exact) mass is 412 g/mol. The summed E-state index contributed by atoms with van der Waals surface area (Å²) < 4.78 is -0.0335. The Hall–Kier alpha value is -2.27. The molecule has 0 atom stereocenters. The molecule has 0 N–H and O–H groups in total. The number of ketones is 1. The molecule has 112 valence electrons. The Morgan fingerprint density at radius 3 is 1.52 bits per heavy atom. The first-order valence-electron chi connectivity index (χ1n) is 7.15. The molecule has 0 aliphatic heterocycles. The van der Waals surface area contributed by atoms with E-state index in [2.05, 4.69) is 0 Å². The van der Waals surface area contributed by atoms with Gasteiger partial charge < -0.3 is 0 Å². The van der Waals surface area contributed by atoms with Crippen molar-refractivity contribution in [2.45, 2.75) is 0 Å². The van der Waals surface area contributed by atoms with Crippen molar-refractivity contribution < 1.29 is 9.59 Å². The summed E-state index contributed by atoms with van der Waals surface area (Å²) in [5, 5.41) is 0. The lowest BCUT2D eigenvalue weighted by molar-refractivity contribution is 0.103. The predicted octanol–water partition coefficient (Wildman–Crippen LogP) is 5.16. The smallest absolute Gasteiger partial charge is 0.222 e. The Kier molecular flexibility index (Phi) is 4.67. The minimum atomic E-state index is -0.0444. The topological polar surface area (TPSA) is 34.1 Å². The molecule has 3 aromatic carbocycles. The molecule has 0 aliphatic carbocycles. The van der Waals surface area contributed by atoms with E-state index >= 15 is 0 Å². The van der Waals surface area contributed by atoms with Crippen LogP contribution in [-0.4, -0.2) is 9.57 Å². The Balaban J connectivity index is 1.84. The van der Waals surface area contributed by atoms with Gasteiger partial charge in [-0.3, -0.25) is 9.59 Å². The maximum Gasteiger partial charge on any atom is 0.222 e. The fourth-order valence-corrected chi connectivity index (χ4v) is 2.72. The highest BCUT2D eigenvalue weighted by atomic mass is 127. The van der Waals surface area contributed by atoms with E-state index in [0.717, 1.165) is 11.1 Å². The molecule has 0 aromatic heterocycles. The van der Waals surface area contributed by atoms with Crippen LogP contribution in [0.2, 0.25) is 0 Å². The van der Waals surface area contributed by atoms with Crippen molar-refractivity contribution in [3.63, 3.8) is 0 Å². The molecule has 0 bridgehead atoms. The van der Waals surface area contributed by atoms with E-state index in [4.69, 9.17) is 0 Å². The summed E-state index contributed by atoms with van der Waals surface area (Å²) in [6, 6.07) is 24.4. The second-order valence-corrected chi connectivity index (χ2v) is 6.10. The molecule has 3 rings (SSSR count). The molecule has 0 fully saturated rings. The number of carbonyl (C=O) groups excluding carboxylic acids is 2. The van der Waals surface area contributed by atoms with E-state index in [1.54, 1.807) is 46.9 Å². The van der Waals surface area contributed by atoms with Crippen LogP contribution in [0.25, 0.3) is 11.1 Å². The Bertz CT molecular complexity index is 835. The van der Waals surface area contributed by atoms with Gasteiger partial charge in [-0.1, -0.05) is 66.7 Å². The van der Waals surface area contributed by atoms with Gasteiger partial charge in [-0.2, -0.15) is 0 Å². The highest BCUT2D eigenvalue weighted by Gasteiger charge is 2.10. The fraction of sp³-hybridized carbons (Fsp3) is 0. The zero-order valence-corrected chi connectivity index (χ0v) is 14.4. The van der Waals surface area contributed by atoms with E-state index in [-0.39, 0.29) is 9.57 Å². The quantitative estimate of drug-likeness (QED) is 0.337. The van der Waals surface area contributed by atoms with Crippen LogP contribution >= 0.6 is 22.6 Å². The Morgan fingerprint density at radius 1 is 0.565 bits per heavy atom. The van der Waals surface area contributed by atoms with Crippen LogP contribution < -0.4 is 0 Å². The van der Waals surface area contributed by atoms with Crippen LogP contribution in [0.1, 0.15) is 26.3 Å². The summed E-state index contributed by atoms with van der Waals surface area (Å²) in [5.74, 6) is -0.0444. The molecule has 0 unspecified atom stereocenters. The summed E-state index contributed by atoms with van der Waals surface area (Å²) in [4.78, 5) is 23.8. The van der Waals surface area contributed by atoms with Crippen LogP contribution in [0.4, 0.5) is 0 Å². The maximum absolute atomic E-state index is 12.5. The number of hydrogen-bond donors (Lipinski definition) is 0. The van der Waals surface area contributed by atoms with Crippen molar-refractivity contribution in [2.24, 2.45) is 0 Å². The summed E-state index contributed by atoms with van der Waals surface area (Å²) in [5.41, 5.74) is 4.02. The van der Waals surface area contributed by atoms with Gasteiger partial charge in [-0.25, -0.2) is 0 Å². The van der Waals surface area contributed by atoms with Crippen LogP contribution in [-0.2, 0) is 0 Å². The van der Waals surface area contributed by atoms with Gasteiger partial charge in [-0.05, 0) is 23.3 Å². The third-order valence-electron chi connectivity index (χ3n) is 3.63. The minimum absolute atomic E-state index is 0.0335. The van der Waals surface area contributed by atoms with Crippen molar-refractivity contribution in [3.8, 4) is 11.1 Å². The summed E-state index contributed by atoms with van der Waals surface area (Å²) in [6.07, 6.45) is 0. The van der Waals surface area contributed by atoms with Gasteiger partial charge in [0, 0.05) is 39.3 Å². The first kappa shape index (κ1) is 15.6. The number of hydrogen-bond acceptors (Lipinski definition) is 2. The second-order valence-electron chi connectivity index (χ2n) is 5.12. The zero-order valence-electron chi connectivity index (χ0n) is 12.2. The molecule has 0 amide bonds. The van der Waals surface area contributed by atoms with Crippen molar-refractivity contribution >= 4 is 32.2 Å². The number of benzene rings is 3. The van der Waals surface area contributed by atoms with Gasteiger partial charge in [0.05, 0.1) is 0 Å². The van der Waals surface area contributed by atoms with Gasteiger partial charge >= 0.3 is 0 Å². The summed E-state index contributed by atoms with van der Waals surface area (Å²) >= 11 is 1.73. The van der Waals surface area contributed by atoms with Gasteiger partial charge in [0.2, 0.25) is 3.79 Å². The molecule has 0 aliphatic rings. The lowest BCUT2D eigenvalue weighted by Crippen LogP contribution is -2.01. The van der Waals surface area contributed by atoms with Gasteiger partial charge in [0.1, 0.15) is 0 Å². The molecule has 0 heterocycles. The van der Waals surface area contributed by atoms with E-state index in [1.165, 1.54) is 0 Å². The number of rotatable bonds is 4. The zero-order chi connectivity index (χ0) is 16.2. The standard InChI is InChI=1S/C20H13IO2/c21-20(23)18-12-10-17(11-13-18)19(22)16-8-6-15(7-9-16)14-4-2-1-3-5-14/h1-13H. The molecule has 0 saturated carbocycles. The molecule has 0 saturated heterocycles. The first-order valence-corrected chi connectivity index (χ1v) is 8.23. The van der Waals surface area contributed by atoms with E-state index in [1.807, 2.05) is 54.6 Å². The Morgan fingerprint density at radius 2 is 1.00 bits per heavy atom. The Labute approximate surface area is 148 Å². The SMILES string of the molecule is O=C(I)c1ccc(C(=O)c2ccc(-c3ccccc3)cc2)cc1. The van der Waals surface area contributed by atoms with Crippen molar-refractivity contribution in [1.29, 1.82) is 0 Å². The second kappa shape index (κ2) is 6.87. The van der Waals surface area contributed by atoms with Crippen molar-refractivity contribution in [2.75, 3.05) is 0 Å². The number of halogens is 1. The highest BCUT2D eigenvalue weighted by molar-refractivity contribution is 14.1. The molecular formula is C20H13IO2. The van der Waals surface area contributed by atoms with Crippen LogP contribution in [0.15, 0.2) is 78.9 Å². The fourth-order valence-electron chi connectivity index (χ4n) is 2.36. The van der Waals surface area contributed by atoms with Crippen molar-refractivity contribution in [1.82, 2.24) is 0 Å². The molecule has 3 heteroatoms.